The Bertz CT molecular complexity index is 482. The first-order valence-electron chi connectivity index (χ1n) is 6.21. The lowest BCUT2D eigenvalue weighted by Crippen LogP contribution is -2.08. The molecule has 0 aliphatic rings. The number of rotatable bonds is 7. The molecule has 19 heavy (non-hydrogen) atoms. The molecular weight excluding hydrogens is 266 g/mol. The van der Waals surface area contributed by atoms with Crippen LogP contribution >= 0.6 is 12.4 Å². The van der Waals surface area contributed by atoms with Gasteiger partial charge in [-0.15, -0.1) is 12.4 Å². The van der Waals surface area contributed by atoms with Crippen molar-refractivity contribution >= 4 is 18.1 Å². The average Bonchev–Trinajstić information content (AvgIpc) is 2.97. The fraction of sp³-hybridized carbons (Fsp3) is 0.500. The standard InChI is InChI=1S/C12H19N5O.ClH/c1-2-5-17-12(3-4-14-17)9-13-11-8-15-16(10-11)6-7-18;/h3-4,8,10,13,18H,2,5-7,9H2,1H3;1H. The normalized spacial score (nSPS) is 10.2. The Balaban J connectivity index is 0.00000180. The first kappa shape index (κ1) is 15.5. The molecule has 0 aliphatic carbocycles. The highest BCUT2D eigenvalue weighted by molar-refractivity contribution is 5.85. The number of aryl methyl sites for hydroxylation is 1. The zero-order chi connectivity index (χ0) is 12.8. The molecule has 0 fully saturated rings. The topological polar surface area (TPSA) is 67.9 Å². The van der Waals surface area contributed by atoms with Crippen LogP contribution in [0.4, 0.5) is 5.69 Å². The van der Waals surface area contributed by atoms with Crippen molar-refractivity contribution in [2.75, 3.05) is 11.9 Å². The molecule has 2 rings (SSSR count). The van der Waals surface area contributed by atoms with E-state index in [0.717, 1.165) is 30.9 Å². The largest absolute Gasteiger partial charge is 0.394 e. The summed E-state index contributed by atoms with van der Waals surface area (Å²) in [6, 6.07) is 2.01. The summed E-state index contributed by atoms with van der Waals surface area (Å²) in [5.74, 6) is 0. The fourth-order valence-corrected chi connectivity index (χ4v) is 1.80. The second kappa shape index (κ2) is 7.81. The van der Waals surface area contributed by atoms with Gasteiger partial charge in [0, 0.05) is 18.9 Å². The molecule has 0 bridgehead atoms. The Morgan fingerprint density at radius 1 is 1.32 bits per heavy atom. The number of aliphatic hydroxyl groups is 1. The predicted molar refractivity (Wildman–Crippen MR) is 76.4 cm³/mol. The molecule has 0 saturated heterocycles. The zero-order valence-corrected chi connectivity index (χ0v) is 11.8. The third-order valence-corrected chi connectivity index (χ3v) is 2.68. The second-order valence-corrected chi connectivity index (χ2v) is 4.11. The highest BCUT2D eigenvalue weighted by Gasteiger charge is 2.02. The van der Waals surface area contributed by atoms with Crippen LogP contribution in [0.2, 0.25) is 0 Å². The van der Waals surface area contributed by atoms with Gasteiger partial charge in [0.2, 0.25) is 0 Å². The number of anilines is 1. The zero-order valence-electron chi connectivity index (χ0n) is 11.0. The highest BCUT2D eigenvalue weighted by atomic mass is 35.5. The van der Waals surface area contributed by atoms with E-state index in [1.165, 1.54) is 0 Å². The number of aromatic nitrogens is 4. The van der Waals surface area contributed by atoms with E-state index in [9.17, 15) is 0 Å². The van der Waals surface area contributed by atoms with E-state index in [0.29, 0.717) is 6.54 Å². The van der Waals surface area contributed by atoms with Crippen molar-refractivity contribution in [3.05, 3.63) is 30.4 Å². The summed E-state index contributed by atoms with van der Waals surface area (Å²) in [5, 5.41) is 20.5. The van der Waals surface area contributed by atoms with Crippen molar-refractivity contribution in [2.24, 2.45) is 0 Å². The van der Waals surface area contributed by atoms with Crippen LogP contribution in [0.15, 0.2) is 24.7 Å². The van der Waals surface area contributed by atoms with Gasteiger partial charge in [-0.25, -0.2) is 0 Å². The summed E-state index contributed by atoms with van der Waals surface area (Å²) in [6.07, 6.45) is 6.54. The molecule has 2 aromatic rings. The lowest BCUT2D eigenvalue weighted by molar-refractivity contribution is 0.269. The molecule has 106 valence electrons. The molecule has 0 saturated carbocycles. The summed E-state index contributed by atoms with van der Waals surface area (Å²) in [7, 11) is 0. The Morgan fingerprint density at radius 2 is 2.16 bits per heavy atom. The van der Waals surface area contributed by atoms with Crippen LogP contribution in [-0.2, 0) is 19.6 Å². The molecule has 2 N–H and O–H groups in total. The van der Waals surface area contributed by atoms with Gasteiger partial charge in [0.25, 0.3) is 0 Å². The van der Waals surface area contributed by atoms with E-state index in [2.05, 4.69) is 22.4 Å². The number of nitrogens with one attached hydrogen (secondary N) is 1. The summed E-state index contributed by atoms with van der Waals surface area (Å²) < 4.78 is 3.72. The first-order valence-corrected chi connectivity index (χ1v) is 6.21. The van der Waals surface area contributed by atoms with E-state index in [1.54, 1.807) is 10.9 Å². The van der Waals surface area contributed by atoms with E-state index in [4.69, 9.17) is 5.11 Å². The fourth-order valence-electron chi connectivity index (χ4n) is 1.80. The molecule has 2 aromatic heterocycles. The third-order valence-electron chi connectivity index (χ3n) is 2.68. The van der Waals surface area contributed by atoms with Crippen molar-refractivity contribution < 1.29 is 5.11 Å². The minimum atomic E-state index is 0. The van der Waals surface area contributed by atoms with Crippen LogP contribution in [0.1, 0.15) is 19.0 Å². The summed E-state index contributed by atoms with van der Waals surface area (Å²) >= 11 is 0. The minimum Gasteiger partial charge on any atom is -0.394 e. The van der Waals surface area contributed by atoms with Gasteiger partial charge in [-0.1, -0.05) is 6.92 Å². The maximum absolute atomic E-state index is 8.81. The van der Waals surface area contributed by atoms with E-state index < -0.39 is 0 Å². The van der Waals surface area contributed by atoms with Gasteiger partial charge in [-0.05, 0) is 12.5 Å². The Kier molecular flexibility index (Phi) is 6.38. The molecule has 0 amide bonds. The highest BCUT2D eigenvalue weighted by Crippen LogP contribution is 2.08. The minimum absolute atomic E-state index is 0. The van der Waals surface area contributed by atoms with E-state index in [-0.39, 0.29) is 19.0 Å². The van der Waals surface area contributed by atoms with Crippen LogP contribution in [-0.4, -0.2) is 31.3 Å². The molecule has 7 heteroatoms. The molecular formula is C12H20ClN5O. The number of hydrogen-bond donors (Lipinski definition) is 2. The second-order valence-electron chi connectivity index (χ2n) is 4.11. The van der Waals surface area contributed by atoms with Gasteiger partial charge in [-0.3, -0.25) is 9.36 Å². The van der Waals surface area contributed by atoms with Gasteiger partial charge in [-0.2, -0.15) is 10.2 Å². The summed E-state index contributed by atoms with van der Waals surface area (Å²) in [5.41, 5.74) is 2.11. The van der Waals surface area contributed by atoms with Crippen LogP contribution < -0.4 is 5.32 Å². The van der Waals surface area contributed by atoms with Crippen LogP contribution in [0.5, 0.6) is 0 Å². The lowest BCUT2D eigenvalue weighted by atomic mass is 10.4. The SMILES string of the molecule is CCCn1nccc1CNc1cnn(CCO)c1.Cl. The molecule has 0 spiro atoms. The van der Waals surface area contributed by atoms with Crippen molar-refractivity contribution in [1.82, 2.24) is 19.6 Å². The number of nitrogens with zero attached hydrogens (tertiary/aromatic N) is 4. The Morgan fingerprint density at radius 3 is 2.89 bits per heavy atom. The number of hydrogen-bond acceptors (Lipinski definition) is 4. The molecule has 0 aromatic carbocycles. The van der Waals surface area contributed by atoms with Crippen molar-refractivity contribution in [3.63, 3.8) is 0 Å². The Hall–Kier alpha value is -1.53. The molecule has 0 unspecified atom stereocenters. The number of halogens is 1. The van der Waals surface area contributed by atoms with Crippen LogP contribution in [0.25, 0.3) is 0 Å². The van der Waals surface area contributed by atoms with Crippen molar-refractivity contribution in [2.45, 2.75) is 33.0 Å². The number of aliphatic hydroxyl groups excluding tert-OH is 1. The van der Waals surface area contributed by atoms with Gasteiger partial charge in [0.15, 0.2) is 0 Å². The van der Waals surface area contributed by atoms with Gasteiger partial charge >= 0.3 is 0 Å². The molecule has 0 atom stereocenters. The average molecular weight is 286 g/mol. The molecule has 6 nitrogen and oxygen atoms in total. The maximum Gasteiger partial charge on any atom is 0.0729 e. The third kappa shape index (κ3) is 4.25. The lowest BCUT2D eigenvalue weighted by Gasteiger charge is -2.07. The van der Waals surface area contributed by atoms with Crippen molar-refractivity contribution in [3.8, 4) is 0 Å². The van der Waals surface area contributed by atoms with Gasteiger partial charge < -0.3 is 10.4 Å². The monoisotopic (exact) mass is 285 g/mol. The van der Waals surface area contributed by atoms with Crippen molar-refractivity contribution in [1.29, 1.82) is 0 Å². The van der Waals surface area contributed by atoms with E-state index >= 15 is 0 Å². The van der Waals surface area contributed by atoms with Crippen LogP contribution in [0, 0.1) is 0 Å². The van der Waals surface area contributed by atoms with Gasteiger partial charge in [0.05, 0.1) is 37.3 Å². The smallest absolute Gasteiger partial charge is 0.0729 e. The first-order chi connectivity index (χ1) is 8.83. The van der Waals surface area contributed by atoms with Gasteiger partial charge in [0.1, 0.15) is 0 Å². The molecule has 0 aliphatic heterocycles. The Labute approximate surface area is 118 Å². The van der Waals surface area contributed by atoms with E-state index in [1.807, 2.05) is 23.1 Å². The summed E-state index contributed by atoms with van der Waals surface area (Å²) in [6.45, 7) is 4.43. The maximum atomic E-state index is 8.81. The van der Waals surface area contributed by atoms with Crippen LogP contribution in [0.3, 0.4) is 0 Å². The molecule has 2 heterocycles. The predicted octanol–water partition coefficient (Wildman–Crippen LogP) is 1.52. The molecule has 0 radical (unpaired) electrons. The quantitative estimate of drug-likeness (QED) is 0.809. The summed E-state index contributed by atoms with van der Waals surface area (Å²) in [4.78, 5) is 0.